The van der Waals surface area contributed by atoms with Gasteiger partial charge in [0, 0.05) is 25.0 Å². The van der Waals surface area contributed by atoms with E-state index in [2.05, 4.69) is 5.32 Å². The largest absolute Gasteiger partial charge is 0.484 e. The van der Waals surface area contributed by atoms with Crippen LogP contribution >= 0.6 is 0 Å². The number of hydrogen-bond donors (Lipinski definition) is 1. The quantitative estimate of drug-likeness (QED) is 0.835. The van der Waals surface area contributed by atoms with Crippen molar-refractivity contribution in [2.75, 3.05) is 19.7 Å². The second-order valence-electron chi connectivity index (χ2n) is 6.28. The molecule has 0 aromatic heterocycles. The molecule has 5 heteroatoms. The van der Waals surface area contributed by atoms with Crippen molar-refractivity contribution in [2.45, 2.75) is 45.6 Å². The standard InChI is InChI=1S/C19H28N2O3/c1-3-15(4-2)19(23)20-16-10-12-21(13-11-16)18(22)14-24-17-8-6-5-7-9-17/h5-9,15-16H,3-4,10-14H2,1-2H3,(H,20,23). The first-order valence-electron chi connectivity index (χ1n) is 8.90. The molecule has 0 bridgehead atoms. The second kappa shape index (κ2) is 9.30. The smallest absolute Gasteiger partial charge is 0.260 e. The second-order valence-corrected chi connectivity index (χ2v) is 6.28. The van der Waals surface area contributed by atoms with E-state index in [-0.39, 0.29) is 30.4 Å². The summed E-state index contributed by atoms with van der Waals surface area (Å²) in [4.78, 5) is 26.2. The normalized spacial score (nSPS) is 15.4. The van der Waals surface area contributed by atoms with Gasteiger partial charge in [-0.25, -0.2) is 0 Å². The Hall–Kier alpha value is -2.04. The van der Waals surface area contributed by atoms with Crippen LogP contribution in [0.5, 0.6) is 5.75 Å². The molecule has 2 rings (SSSR count). The van der Waals surface area contributed by atoms with Crippen LogP contribution in [0.2, 0.25) is 0 Å². The Morgan fingerprint density at radius 1 is 1.17 bits per heavy atom. The van der Waals surface area contributed by atoms with Gasteiger partial charge in [0.2, 0.25) is 5.91 Å². The fourth-order valence-corrected chi connectivity index (χ4v) is 3.00. The number of rotatable bonds is 7. The number of benzene rings is 1. The van der Waals surface area contributed by atoms with Crippen LogP contribution in [0.1, 0.15) is 39.5 Å². The molecule has 1 aliphatic heterocycles. The summed E-state index contributed by atoms with van der Waals surface area (Å²) >= 11 is 0. The molecule has 0 aliphatic carbocycles. The lowest BCUT2D eigenvalue weighted by molar-refractivity contribution is -0.134. The molecule has 2 amide bonds. The van der Waals surface area contributed by atoms with Gasteiger partial charge in [0.1, 0.15) is 5.75 Å². The third-order valence-corrected chi connectivity index (χ3v) is 4.66. The Kier molecular flexibility index (Phi) is 7.09. The number of carbonyl (C=O) groups excluding carboxylic acids is 2. The average Bonchev–Trinajstić information content (AvgIpc) is 2.62. The number of ether oxygens (including phenoxy) is 1. The van der Waals surface area contributed by atoms with E-state index in [1.54, 1.807) is 0 Å². The van der Waals surface area contributed by atoms with Gasteiger partial charge in [-0.05, 0) is 37.8 Å². The van der Waals surface area contributed by atoms with Gasteiger partial charge in [-0.3, -0.25) is 9.59 Å². The molecular weight excluding hydrogens is 304 g/mol. The van der Waals surface area contributed by atoms with Crippen LogP contribution in [0.4, 0.5) is 0 Å². The highest BCUT2D eigenvalue weighted by Gasteiger charge is 2.25. The van der Waals surface area contributed by atoms with Crippen molar-refractivity contribution >= 4 is 11.8 Å². The fraction of sp³-hybridized carbons (Fsp3) is 0.579. The van der Waals surface area contributed by atoms with Crippen LogP contribution in [0.3, 0.4) is 0 Å². The summed E-state index contributed by atoms with van der Waals surface area (Å²) in [6.07, 6.45) is 3.36. The summed E-state index contributed by atoms with van der Waals surface area (Å²) in [5.74, 6) is 0.961. The van der Waals surface area contributed by atoms with Gasteiger partial charge in [0.25, 0.3) is 5.91 Å². The number of likely N-dealkylation sites (tertiary alicyclic amines) is 1. The summed E-state index contributed by atoms with van der Waals surface area (Å²) < 4.78 is 5.51. The molecule has 0 unspecified atom stereocenters. The van der Waals surface area contributed by atoms with E-state index in [9.17, 15) is 9.59 Å². The number of hydrogen-bond acceptors (Lipinski definition) is 3. The Bertz CT molecular complexity index is 521. The zero-order valence-electron chi connectivity index (χ0n) is 14.7. The highest BCUT2D eigenvalue weighted by Crippen LogP contribution is 2.14. The number of nitrogens with one attached hydrogen (secondary N) is 1. The lowest BCUT2D eigenvalue weighted by atomic mass is 10.00. The highest BCUT2D eigenvalue weighted by atomic mass is 16.5. The number of carbonyl (C=O) groups is 2. The highest BCUT2D eigenvalue weighted by molar-refractivity contribution is 5.79. The minimum atomic E-state index is 0.00335. The van der Waals surface area contributed by atoms with Gasteiger partial charge in [-0.2, -0.15) is 0 Å². The molecule has 0 atom stereocenters. The summed E-state index contributed by atoms with van der Waals surface area (Å²) in [6, 6.07) is 9.54. The van der Waals surface area contributed by atoms with E-state index < -0.39 is 0 Å². The maximum absolute atomic E-state index is 12.2. The average molecular weight is 332 g/mol. The van der Waals surface area contributed by atoms with Gasteiger partial charge in [0.15, 0.2) is 6.61 Å². The fourth-order valence-electron chi connectivity index (χ4n) is 3.00. The molecule has 1 aromatic rings. The van der Waals surface area contributed by atoms with E-state index in [0.29, 0.717) is 18.8 Å². The number of amides is 2. The molecule has 132 valence electrons. The predicted molar refractivity (Wildman–Crippen MR) is 93.8 cm³/mol. The Balaban J connectivity index is 1.72. The Morgan fingerprint density at radius 3 is 2.38 bits per heavy atom. The number of piperidine rings is 1. The monoisotopic (exact) mass is 332 g/mol. The number of para-hydroxylation sites is 1. The third kappa shape index (κ3) is 5.25. The molecule has 1 heterocycles. The van der Waals surface area contributed by atoms with Crippen molar-refractivity contribution in [3.63, 3.8) is 0 Å². The molecule has 1 fully saturated rings. The van der Waals surface area contributed by atoms with E-state index in [1.807, 2.05) is 49.1 Å². The zero-order valence-corrected chi connectivity index (χ0v) is 14.7. The summed E-state index contributed by atoms with van der Waals surface area (Å²) in [6.45, 7) is 5.49. The van der Waals surface area contributed by atoms with Gasteiger partial charge in [0.05, 0.1) is 0 Å². The minimum absolute atomic E-state index is 0.00335. The van der Waals surface area contributed by atoms with Gasteiger partial charge in [-0.1, -0.05) is 32.0 Å². The molecule has 1 aromatic carbocycles. The van der Waals surface area contributed by atoms with Crippen LogP contribution in [-0.2, 0) is 9.59 Å². The van der Waals surface area contributed by atoms with Crippen LogP contribution in [0.15, 0.2) is 30.3 Å². The molecule has 1 saturated heterocycles. The van der Waals surface area contributed by atoms with Crippen LogP contribution in [0, 0.1) is 5.92 Å². The Labute approximate surface area is 144 Å². The van der Waals surface area contributed by atoms with E-state index >= 15 is 0 Å². The molecule has 1 N–H and O–H groups in total. The molecule has 5 nitrogen and oxygen atoms in total. The molecule has 0 spiro atoms. The molecule has 0 radical (unpaired) electrons. The molecule has 24 heavy (non-hydrogen) atoms. The van der Waals surface area contributed by atoms with Crippen molar-refractivity contribution < 1.29 is 14.3 Å². The topological polar surface area (TPSA) is 58.6 Å². The van der Waals surface area contributed by atoms with E-state index in [0.717, 1.165) is 25.7 Å². The first kappa shape index (κ1) is 18.3. The SMILES string of the molecule is CCC(CC)C(=O)NC1CCN(C(=O)COc2ccccc2)CC1. The zero-order chi connectivity index (χ0) is 17.4. The van der Waals surface area contributed by atoms with Crippen molar-refractivity contribution in [3.05, 3.63) is 30.3 Å². The van der Waals surface area contributed by atoms with Gasteiger partial charge >= 0.3 is 0 Å². The Morgan fingerprint density at radius 2 is 1.79 bits per heavy atom. The first-order chi connectivity index (χ1) is 11.6. The van der Waals surface area contributed by atoms with Crippen LogP contribution < -0.4 is 10.1 Å². The van der Waals surface area contributed by atoms with E-state index in [4.69, 9.17) is 4.74 Å². The lowest BCUT2D eigenvalue weighted by Crippen LogP contribution is -2.48. The summed E-state index contributed by atoms with van der Waals surface area (Å²) in [5.41, 5.74) is 0. The van der Waals surface area contributed by atoms with Gasteiger partial charge in [-0.15, -0.1) is 0 Å². The minimum Gasteiger partial charge on any atom is -0.484 e. The van der Waals surface area contributed by atoms with Crippen molar-refractivity contribution in [2.24, 2.45) is 5.92 Å². The van der Waals surface area contributed by atoms with Crippen molar-refractivity contribution in [1.82, 2.24) is 10.2 Å². The van der Waals surface area contributed by atoms with Crippen molar-refractivity contribution in [3.8, 4) is 5.75 Å². The maximum atomic E-state index is 12.2. The van der Waals surface area contributed by atoms with Crippen LogP contribution in [-0.4, -0.2) is 42.5 Å². The number of nitrogens with zero attached hydrogens (tertiary/aromatic N) is 1. The van der Waals surface area contributed by atoms with Crippen molar-refractivity contribution in [1.29, 1.82) is 0 Å². The third-order valence-electron chi connectivity index (χ3n) is 4.66. The molecule has 0 saturated carbocycles. The maximum Gasteiger partial charge on any atom is 0.260 e. The first-order valence-corrected chi connectivity index (χ1v) is 8.90. The van der Waals surface area contributed by atoms with Crippen LogP contribution in [0.25, 0.3) is 0 Å². The molecule has 1 aliphatic rings. The predicted octanol–water partition coefficient (Wildman–Crippen LogP) is 2.61. The molecular formula is C19H28N2O3. The van der Waals surface area contributed by atoms with Gasteiger partial charge < -0.3 is 15.0 Å². The summed E-state index contributed by atoms with van der Waals surface area (Å²) in [5, 5.41) is 3.13. The lowest BCUT2D eigenvalue weighted by Gasteiger charge is -2.33. The van der Waals surface area contributed by atoms with E-state index in [1.165, 1.54) is 0 Å². The summed E-state index contributed by atoms with van der Waals surface area (Å²) in [7, 11) is 0.